The lowest BCUT2D eigenvalue weighted by atomic mass is 9.83. The van der Waals surface area contributed by atoms with Crippen LogP contribution in [0.4, 0.5) is 5.69 Å². The summed E-state index contributed by atoms with van der Waals surface area (Å²) in [5.74, 6) is 2.22. The third kappa shape index (κ3) is 2.81. The van der Waals surface area contributed by atoms with E-state index in [2.05, 4.69) is 16.4 Å². The van der Waals surface area contributed by atoms with E-state index >= 15 is 0 Å². The van der Waals surface area contributed by atoms with E-state index in [4.69, 9.17) is 15.2 Å². The van der Waals surface area contributed by atoms with Crippen molar-refractivity contribution < 1.29 is 9.47 Å². The van der Waals surface area contributed by atoms with Gasteiger partial charge >= 0.3 is 0 Å². The summed E-state index contributed by atoms with van der Waals surface area (Å²) in [6.45, 7) is 0. The van der Waals surface area contributed by atoms with E-state index < -0.39 is 0 Å². The molecular formula is C18H23N3O2. The number of methoxy groups -OCH3 is 1. The normalized spacial score (nSPS) is 28.7. The summed E-state index contributed by atoms with van der Waals surface area (Å²) in [5, 5.41) is 3.25. The predicted octanol–water partition coefficient (Wildman–Crippen LogP) is 3.05. The van der Waals surface area contributed by atoms with Gasteiger partial charge in [0, 0.05) is 23.9 Å². The van der Waals surface area contributed by atoms with Crippen LogP contribution in [0.1, 0.15) is 37.8 Å². The molecule has 5 heteroatoms. The predicted molar refractivity (Wildman–Crippen MR) is 89.9 cm³/mol. The molecule has 0 aromatic carbocycles. The zero-order chi connectivity index (χ0) is 15.8. The van der Waals surface area contributed by atoms with Crippen LogP contribution in [-0.2, 0) is 4.74 Å². The van der Waals surface area contributed by atoms with Crippen molar-refractivity contribution in [3.8, 4) is 5.88 Å². The Kier molecular flexibility index (Phi) is 3.73. The largest absolute Gasteiger partial charge is 0.484 e. The summed E-state index contributed by atoms with van der Waals surface area (Å²) in [6.07, 6.45) is 10.0. The number of allylic oxidation sites excluding steroid dienone is 1. The van der Waals surface area contributed by atoms with Crippen LogP contribution in [0.3, 0.4) is 0 Å². The van der Waals surface area contributed by atoms with Crippen LogP contribution in [0.15, 0.2) is 30.2 Å². The van der Waals surface area contributed by atoms with E-state index in [1.807, 2.05) is 18.3 Å². The molecule has 0 bridgehead atoms. The third-order valence-electron chi connectivity index (χ3n) is 5.05. The Morgan fingerprint density at radius 3 is 2.91 bits per heavy atom. The first kappa shape index (κ1) is 14.6. The third-order valence-corrected chi connectivity index (χ3v) is 5.05. The number of ether oxygens (including phenoxy) is 2. The summed E-state index contributed by atoms with van der Waals surface area (Å²) in [4.78, 5) is 4.58. The van der Waals surface area contributed by atoms with Gasteiger partial charge in [0.05, 0.1) is 12.8 Å². The molecule has 3 heterocycles. The molecule has 0 saturated heterocycles. The van der Waals surface area contributed by atoms with Crippen molar-refractivity contribution >= 4 is 11.3 Å². The van der Waals surface area contributed by atoms with Crippen molar-refractivity contribution in [1.29, 1.82) is 0 Å². The quantitative estimate of drug-likeness (QED) is 0.897. The summed E-state index contributed by atoms with van der Waals surface area (Å²) in [6, 6.07) is 4.25. The van der Waals surface area contributed by atoms with Gasteiger partial charge in [-0.25, -0.2) is 4.98 Å². The Morgan fingerprint density at radius 2 is 2.13 bits per heavy atom. The molecular weight excluding hydrogens is 290 g/mol. The van der Waals surface area contributed by atoms with Crippen LogP contribution in [0.25, 0.3) is 5.57 Å². The first-order valence-corrected chi connectivity index (χ1v) is 8.39. The highest BCUT2D eigenvalue weighted by atomic mass is 16.5. The molecule has 1 aliphatic carbocycles. The SMILES string of the molecule is COc1ccc2c(n1)C1=CC(CC3CCC(N)CC3)OC1=CN2. The van der Waals surface area contributed by atoms with E-state index in [1.165, 1.54) is 12.8 Å². The Balaban J connectivity index is 1.52. The van der Waals surface area contributed by atoms with E-state index in [9.17, 15) is 0 Å². The Bertz CT molecular complexity index is 660. The van der Waals surface area contributed by atoms with Gasteiger partial charge in [0.15, 0.2) is 0 Å². The van der Waals surface area contributed by atoms with Crippen molar-refractivity contribution in [1.82, 2.24) is 4.98 Å². The maximum Gasteiger partial charge on any atom is 0.213 e. The molecule has 2 aliphatic heterocycles. The zero-order valence-electron chi connectivity index (χ0n) is 13.4. The molecule has 1 saturated carbocycles. The lowest BCUT2D eigenvalue weighted by Gasteiger charge is -2.27. The summed E-state index contributed by atoms with van der Waals surface area (Å²) in [7, 11) is 1.64. The molecule has 1 fully saturated rings. The van der Waals surface area contributed by atoms with Crippen LogP contribution in [-0.4, -0.2) is 24.2 Å². The molecule has 0 radical (unpaired) electrons. The smallest absolute Gasteiger partial charge is 0.213 e. The first-order valence-electron chi connectivity index (χ1n) is 8.39. The van der Waals surface area contributed by atoms with Gasteiger partial charge in [-0.2, -0.15) is 0 Å². The molecule has 0 amide bonds. The van der Waals surface area contributed by atoms with E-state index in [0.29, 0.717) is 17.8 Å². The van der Waals surface area contributed by atoms with E-state index in [-0.39, 0.29) is 6.10 Å². The molecule has 1 unspecified atom stereocenters. The summed E-state index contributed by atoms with van der Waals surface area (Å²) >= 11 is 0. The summed E-state index contributed by atoms with van der Waals surface area (Å²) in [5.41, 5.74) is 8.99. The van der Waals surface area contributed by atoms with Crippen molar-refractivity contribution in [2.45, 2.75) is 44.2 Å². The summed E-state index contributed by atoms with van der Waals surface area (Å²) < 4.78 is 11.4. The second-order valence-corrected chi connectivity index (χ2v) is 6.66. The van der Waals surface area contributed by atoms with Gasteiger partial charge < -0.3 is 20.5 Å². The molecule has 23 heavy (non-hydrogen) atoms. The molecule has 122 valence electrons. The highest BCUT2D eigenvalue weighted by Crippen LogP contribution is 2.41. The number of nitrogens with one attached hydrogen (secondary N) is 1. The number of nitrogens with zero attached hydrogens (tertiary/aromatic N) is 1. The average Bonchev–Trinajstić information content (AvgIpc) is 2.99. The van der Waals surface area contributed by atoms with Gasteiger partial charge in [0.1, 0.15) is 17.6 Å². The Hall–Kier alpha value is -2.01. The van der Waals surface area contributed by atoms with Crippen molar-refractivity contribution in [2.24, 2.45) is 11.7 Å². The van der Waals surface area contributed by atoms with Crippen LogP contribution in [0.2, 0.25) is 0 Å². The van der Waals surface area contributed by atoms with Gasteiger partial charge in [-0.1, -0.05) is 0 Å². The first-order chi connectivity index (χ1) is 11.2. The van der Waals surface area contributed by atoms with E-state index in [1.54, 1.807) is 7.11 Å². The standard InChI is InChI=1S/C18H23N3O2/c1-22-17-7-6-15-18(21-17)14-9-13(23-16(14)10-20-15)8-11-2-4-12(19)5-3-11/h6-7,9-13,20H,2-5,8,19H2,1H3. The number of anilines is 1. The van der Waals surface area contributed by atoms with Gasteiger partial charge in [0.2, 0.25) is 5.88 Å². The number of fused-ring (bicyclic) bond motifs is 3. The second-order valence-electron chi connectivity index (χ2n) is 6.66. The molecule has 4 rings (SSSR count). The van der Waals surface area contributed by atoms with Crippen molar-refractivity contribution in [3.05, 3.63) is 35.9 Å². The molecule has 0 spiro atoms. The van der Waals surface area contributed by atoms with Gasteiger partial charge in [0.25, 0.3) is 0 Å². The Morgan fingerprint density at radius 1 is 1.30 bits per heavy atom. The van der Waals surface area contributed by atoms with Crippen LogP contribution < -0.4 is 15.8 Å². The van der Waals surface area contributed by atoms with Gasteiger partial charge in [-0.15, -0.1) is 0 Å². The maximum atomic E-state index is 6.12. The van der Waals surface area contributed by atoms with Crippen LogP contribution in [0, 0.1) is 5.92 Å². The Labute approximate surface area is 136 Å². The fourth-order valence-corrected chi connectivity index (χ4v) is 3.72. The topological polar surface area (TPSA) is 69.4 Å². The number of pyridine rings is 1. The van der Waals surface area contributed by atoms with Crippen LogP contribution in [0.5, 0.6) is 5.88 Å². The minimum Gasteiger partial charge on any atom is -0.484 e. The molecule has 1 aromatic heterocycles. The fraction of sp³-hybridized carbons (Fsp3) is 0.500. The van der Waals surface area contributed by atoms with Crippen molar-refractivity contribution in [3.63, 3.8) is 0 Å². The number of aromatic nitrogens is 1. The minimum absolute atomic E-state index is 0.135. The lowest BCUT2D eigenvalue weighted by molar-refractivity contribution is 0.140. The fourth-order valence-electron chi connectivity index (χ4n) is 3.72. The molecule has 1 atom stereocenters. The van der Waals surface area contributed by atoms with Gasteiger partial charge in [-0.05, 0) is 50.2 Å². The number of hydrogen-bond donors (Lipinski definition) is 2. The highest BCUT2D eigenvalue weighted by Gasteiger charge is 2.31. The molecule has 3 aliphatic rings. The number of rotatable bonds is 3. The van der Waals surface area contributed by atoms with Crippen LogP contribution >= 0.6 is 0 Å². The maximum absolute atomic E-state index is 6.12. The zero-order valence-corrected chi connectivity index (χ0v) is 13.4. The molecule has 3 N–H and O–H groups in total. The number of nitrogens with two attached hydrogens (primary N) is 1. The second kappa shape index (κ2) is 5.89. The molecule has 5 nitrogen and oxygen atoms in total. The van der Waals surface area contributed by atoms with E-state index in [0.717, 1.165) is 42.0 Å². The molecule has 1 aromatic rings. The number of hydrogen-bond acceptors (Lipinski definition) is 5. The van der Waals surface area contributed by atoms with Gasteiger partial charge in [-0.3, -0.25) is 0 Å². The van der Waals surface area contributed by atoms with Crippen molar-refractivity contribution in [2.75, 3.05) is 12.4 Å². The lowest BCUT2D eigenvalue weighted by Crippen LogP contribution is -2.27. The monoisotopic (exact) mass is 313 g/mol. The minimum atomic E-state index is 0.135. The highest BCUT2D eigenvalue weighted by molar-refractivity contribution is 5.87. The average molecular weight is 313 g/mol.